The van der Waals surface area contributed by atoms with Gasteiger partial charge >= 0.3 is 0 Å². The van der Waals surface area contributed by atoms with E-state index in [1.807, 2.05) is 63.2 Å². The molecule has 4 nitrogen and oxygen atoms in total. The number of carbonyl (C=O) groups is 1. The number of para-hydroxylation sites is 1. The number of hydrogen-bond acceptors (Lipinski definition) is 5. The topological polar surface area (TPSA) is 46.9 Å². The number of nitrogens with zero attached hydrogens (tertiary/aromatic N) is 2. The van der Waals surface area contributed by atoms with E-state index in [0.717, 1.165) is 21.3 Å². The Balaban J connectivity index is 1.71. The molecule has 26 heavy (non-hydrogen) atoms. The van der Waals surface area contributed by atoms with Gasteiger partial charge in [-0.25, -0.2) is 4.68 Å². The number of thioether (sulfide) groups is 1. The van der Waals surface area contributed by atoms with Gasteiger partial charge in [0.2, 0.25) is 5.91 Å². The Hall–Kier alpha value is -1.96. The van der Waals surface area contributed by atoms with Crippen LogP contribution in [0.2, 0.25) is 0 Å². The smallest absolute Gasteiger partial charge is 0.237 e. The second-order valence-electron chi connectivity index (χ2n) is 5.95. The lowest BCUT2D eigenvalue weighted by Crippen LogP contribution is -2.22. The fraction of sp³-hybridized carbons (Fsp3) is 0.211. The maximum absolute atomic E-state index is 12.5. The van der Waals surface area contributed by atoms with Gasteiger partial charge in [-0.15, -0.1) is 5.10 Å². The second-order valence-corrected chi connectivity index (χ2v) is 9.16. The average molecular weight is 402 g/mol. The molecule has 0 radical (unpaired) electrons. The summed E-state index contributed by atoms with van der Waals surface area (Å²) in [5.41, 5.74) is 4.00. The third-order valence-electron chi connectivity index (χ3n) is 3.82. The first-order valence-electron chi connectivity index (χ1n) is 8.14. The van der Waals surface area contributed by atoms with Crippen molar-refractivity contribution >= 4 is 46.9 Å². The molecule has 0 saturated heterocycles. The van der Waals surface area contributed by atoms with Gasteiger partial charge in [0.15, 0.2) is 8.29 Å². The van der Waals surface area contributed by atoms with E-state index in [4.69, 9.17) is 12.2 Å². The Labute approximate surface area is 166 Å². The second kappa shape index (κ2) is 8.16. The van der Waals surface area contributed by atoms with E-state index in [9.17, 15) is 4.79 Å². The van der Waals surface area contributed by atoms with Crippen molar-refractivity contribution in [2.24, 2.45) is 0 Å². The lowest BCUT2D eigenvalue weighted by Gasteiger charge is -2.12. The maximum Gasteiger partial charge on any atom is 0.237 e. The Morgan fingerprint density at radius 1 is 1.23 bits per heavy atom. The Morgan fingerprint density at radius 2 is 1.96 bits per heavy atom. The van der Waals surface area contributed by atoms with Gasteiger partial charge in [-0.1, -0.05) is 59.0 Å². The van der Waals surface area contributed by atoms with Crippen molar-refractivity contribution < 1.29 is 4.79 Å². The van der Waals surface area contributed by atoms with Gasteiger partial charge < -0.3 is 5.32 Å². The lowest BCUT2D eigenvalue weighted by molar-refractivity contribution is -0.115. The molecule has 0 bridgehead atoms. The molecule has 0 spiro atoms. The van der Waals surface area contributed by atoms with Crippen LogP contribution >= 0.6 is 35.3 Å². The Kier molecular flexibility index (Phi) is 5.90. The number of hydrogen-bond donors (Lipinski definition) is 1. The molecule has 7 heteroatoms. The summed E-state index contributed by atoms with van der Waals surface area (Å²) in [5, 5.41) is 7.27. The number of aromatic nitrogens is 2. The number of nitrogens with one attached hydrogen (secondary N) is 1. The molecule has 1 heterocycles. The highest BCUT2D eigenvalue weighted by atomic mass is 32.2. The minimum atomic E-state index is -0.277. The highest BCUT2D eigenvalue weighted by Gasteiger charge is 2.18. The molecule has 134 valence electrons. The summed E-state index contributed by atoms with van der Waals surface area (Å²) in [6, 6.07) is 15.8. The molecule has 3 rings (SSSR count). The molecule has 1 atom stereocenters. The van der Waals surface area contributed by atoms with Crippen molar-refractivity contribution in [2.75, 3.05) is 5.32 Å². The van der Waals surface area contributed by atoms with E-state index < -0.39 is 0 Å². The number of amides is 1. The van der Waals surface area contributed by atoms with Crippen LogP contribution in [-0.2, 0) is 4.79 Å². The molecule has 3 aromatic rings. The van der Waals surface area contributed by atoms with Crippen molar-refractivity contribution in [2.45, 2.75) is 30.4 Å². The Bertz CT molecular complexity index is 979. The standard InChI is InChI=1S/C19H19N3OS3/c1-12-9-10-16(13(2)11-12)20-17(23)14(3)25-18-21-22(19(24)26-18)15-7-5-4-6-8-15/h4-11,14H,1-3H3,(H,20,23)/t14-/m0/s1. The average Bonchev–Trinajstić information content (AvgIpc) is 2.98. The molecule has 1 amide bonds. The summed E-state index contributed by atoms with van der Waals surface area (Å²) < 4.78 is 3.18. The normalized spacial score (nSPS) is 12.0. The SMILES string of the molecule is Cc1ccc(NC(=O)[C@H](C)Sc2nn(-c3ccccc3)c(=S)s2)c(C)c1. The fourth-order valence-electron chi connectivity index (χ4n) is 2.43. The molecule has 2 aromatic carbocycles. The van der Waals surface area contributed by atoms with Crippen LogP contribution in [0.25, 0.3) is 5.69 Å². The van der Waals surface area contributed by atoms with E-state index in [-0.39, 0.29) is 11.2 Å². The highest BCUT2D eigenvalue weighted by Crippen LogP contribution is 2.28. The summed E-state index contributed by atoms with van der Waals surface area (Å²) in [5.74, 6) is -0.0469. The van der Waals surface area contributed by atoms with Gasteiger partial charge in [-0.05, 0) is 56.8 Å². The van der Waals surface area contributed by atoms with Crippen molar-refractivity contribution in [3.63, 3.8) is 0 Å². The fourth-order valence-corrected chi connectivity index (χ4v) is 4.94. The summed E-state index contributed by atoms with van der Waals surface area (Å²) in [4.78, 5) is 12.5. The number of rotatable bonds is 5. The van der Waals surface area contributed by atoms with Crippen molar-refractivity contribution in [1.29, 1.82) is 0 Å². The number of carbonyl (C=O) groups excluding carboxylic acids is 1. The van der Waals surface area contributed by atoms with Crippen LogP contribution < -0.4 is 5.32 Å². The first-order valence-corrected chi connectivity index (χ1v) is 10.2. The number of anilines is 1. The molecule has 0 fully saturated rings. The zero-order valence-corrected chi connectivity index (χ0v) is 17.2. The van der Waals surface area contributed by atoms with Gasteiger partial charge in [0.25, 0.3) is 0 Å². The third-order valence-corrected chi connectivity index (χ3v) is 6.23. The zero-order valence-electron chi connectivity index (χ0n) is 14.7. The van der Waals surface area contributed by atoms with Gasteiger partial charge in [-0.2, -0.15) is 0 Å². The maximum atomic E-state index is 12.5. The van der Waals surface area contributed by atoms with Crippen LogP contribution in [-0.4, -0.2) is 20.9 Å². The molecule has 0 aliphatic carbocycles. The van der Waals surface area contributed by atoms with Crippen LogP contribution in [0, 0.1) is 17.8 Å². The zero-order chi connectivity index (χ0) is 18.7. The van der Waals surface area contributed by atoms with Crippen LogP contribution in [0.4, 0.5) is 5.69 Å². The van der Waals surface area contributed by atoms with E-state index in [1.165, 1.54) is 28.7 Å². The predicted octanol–water partition coefficient (Wildman–Crippen LogP) is 5.40. The third kappa shape index (κ3) is 4.41. The van der Waals surface area contributed by atoms with Crippen LogP contribution in [0.1, 0.15) is 18.1 Å². The molecule has 0 unspecified atom stereocenters. The van der Waals surface area contributed by atoms with Gasteiger partial charge in [0, 0.05) is 5.69 Å². The van der Waals surface area contributed by atoms with Gasteiger partial charge in [-0.3, -0.25) is 4.79 Å². The van der Waals surface area contributed by atoms with Gasteiger partial charge in [0.1, 0.15) is 0 Å². The molecular formula is C19H19N3OS3. The van der Waals surface area contributed by atoms with E-state index in [2.05, 4.69) is 16.5 Å². The summed E-state index contributed by atoms with van der Waals surface area (Å²) >= 11 is 8.25. The molecule has 0 saturated carbocycles. The summed E-state index contributed by atoms with van der Waals surface area (Å²) in [6.45, 7) is 5.91. The highest BCUT2D eigenvalue weighted by molar-refractivity contribution is 8.02. The minimum Gasteiger partial charge on any atom is -0.325 e. The number of benzene rings is 2. The minimum absolute atomic E-state index is 0.0469. The number of aryl methyl sites for hydroxylation is 2. The van der Waals surface area contributed by atoms with Crippen LogP contribution in [0.3, 0.4) is 0 Å². The molecule has 1 aromatic heterocycles. The van der Waals surface area contributed by atoms with E-state index in [0.29, 0.717) is 3.95 Å². The van der Waals surface area contributed by atoms with Crippen molar-refractivity contribution in [3.05, 3.63) is 63.6 Å². The first-order chi connectivity index (χ1) is 12.4. The van der Waals surface area contributed by atoms with Gasteiger partial charge in [0.05, 0.1) is 10.9 Å². The summed E-state index contributed by atoms with van der Waals surface area (Å²) in [6.07, 6.45) is 0. The van der Waals surface area contributed by atoms with Crippen molar-refractivity contribution in [1.82, 2.24) is 9.78 Å². The molecule has 0 aliphatic rings. The van der Waals surface area contributed by atoms with Crippen LogP contribution in [0.5, 0.6) is 0 Å². The first kappa shape index (κ1) is 18.8. The quantitative estimate of drug-likeness (QED) is 0.459. The molecule has 1 N–H and O–H groups in total. The van der Waals surface area contributed by atoms with E-state index in [1.54, 1.807) is 4.68 Å². The van der Waals surface area contributed by atoms with Crippen LogP contribution in [0.15, 0.2) is 52.9 Å². The Morgan fingerprint density at radius 3 is 2.65 bits per heavy atom. The lowest BCUT2D eigenvalue weighted by atomic mass is 10.1. The predicted molar refractivity (Wildman–Crippen MR) is 112 cm³/mol. The van der Waals surface area contributed by atoms with Crippen molar-refractivity contribution in [3.8, 4) is 5.69 Å². The molecular weight excluding hydrogens is 382 g/mol. The molecule has 0 aliphatic heterocycles. The van der Waals surface area contributed by atoms with E-state index >= 15 is 0 Å². The largest absolute Gasteiger partial charge is 0.325 e. The summed E-state index contributed by atoms with van der Waals surface area (Å²) in [7, 11) is 0. The monoisotopic (exact) mass is 401 g/mol.